The van der Waals surface area contributed by atoms with Gasteiger partial charge in [0.2, 0.25) is 15.9 Å². The van der Waals surface area contributed by atoms with E-state index in [-0.39, 0.29) is 11.1 Å². The topological polar surface area (TPSA) is 119 Å². The Kier molecular flexibility index (Phi) is 8.04. The summed E-state index contributed by atoms with van der Waals surface area (Å²) < 4.78 is 54.8. The molecule has 2 aromatic heterocycles. The predicted molar refractivity (Wildman–Crippen MR) is 159 cm³/mol. The molecule has 0 aliphatic rings. The minimum atomic E-state index is -4.06. The highest BCUT2D eigenvalue weighted by Gasteiger charge is 2.23. The van der Waals surface area contributed by atoms with Crippen molar-refractivity contribution >= 4 is 37.6 Å². The van der Waals surface area contributed by atoms with Crippen LogP contribution in [0.15, 0.2) is 71.8 Å². The van der Waals surface area contributed by atoms with Gasteiger partial charge in [0.05, 0.1) is 47.4 Å². The molecule has 42 heavy (non-hydrogen) atoms. The zero-order valence-corrected chi connectivity index (χ0v) is 24.2. The van der Waals surface area contributed by atoms with Crippen molar-refractivity contribution in [1.29, 1.82) is 0 Å². The van der Waals surface area contributed by atoms with Crippen LogP contribution in [0, 0.1) is 12.7 Å². The lowest BCUT2D eigenvalue weighted by atomic mass is 10.1. The molecule has 0 unspecified atom stereocenters. The number of benzene rings is 3. The number of carbonyl (C=O) groups excluding carboxylic acids is 1. The van der Waals surface area contributed by atoms with Gasteiger partial charge in [-0.1, -0.05) is 30.3 Å². The number of H-pyrrole nitrogens is 1. The highest BCUT2D eigenvalue weighted by molar-refractivity contribution is 7.89. The van der Waals surface area contributed by atoms with E-state index in [2.05, 4.69) is 4.98 Å². The largest absolute Gasteiger partial charge is 0.492 e. The van der Waals surface area contributed by atoms with Crippen molar-refractivity contribution < 1.29 is 27.1 Å². The number of sulfonamides is 1. The maximum absolute atomic E-state index is 13.9. The number of hydrogen-bond acceptors (Lipinski definition) is 6. The second-order valence-corrected chi connectivity index (χ2v) is 11.5. The van der Waals surface area contributed by atoms with E-state index < -0.39 is 33.9 Å². The number of aromatic amines is 1. The van der Waals surface area contributed by atoms with E-state index in [0.717, 1.165) is 5.39 Å². The van der Waals surface area contributed by atoms with Gasteiger partial charge in [0.25, 0.3) is 5.56 Å². The number of ether oxygens (including phenoxy) is 2. The van der Waals surface area contributed by atoms with Gasteiger partial charge in [-0.3, -0.25) is 18.9 Å². The Labute approximate surface area is 241 Å². The van der Waals surface area contributed by atoms with Gasteiger partial charge in [0.15, 0.2) is 5.75 Å². The van der Waals surface area contributed by atoms with Crippen molar-refractivity contribution in [3.8, 4) is 17.2 Å². The number of carbonyl (C=O) groups is 1. The normalized spacial score (nSPS) is 11.6. The Morgan fingerprint density at radius 2 is 1.74 bits per heavy atom. The van der Waals surface area contributed by atoms with Crippen molar-refractivity contribution in [2.24, 2.45) is 0 Å². The monoisotopic (exact) mass is 591 g/mol. The van der Waals surface area contributed by atoms with Crippen molar-refractivity contribution in [1.82, 2.24) is 14.3 Å². The van der Waals surface area contributed by atoms with Crippen LogP contribution in [0.25, 0.3) is 27.4 Å². The number of aromatic nitrogens is 2. The number of nitrogens with one attached hydrogen (secondary N) is 2. The molecular formula is C31H30FN3O6S. The summed E-state index contributed by atoms with van der Waals surface area (Å²) >= 11 is 0. The van der Waals surface area contributed by atoms with Crippen LogP contribution < -0.4 is 19.8 Å². The summed E-state index contributed by atoms with van der Waals surface area (Å²) in [5.41, 5.74) is 2.12. The van der Waals surface area contributed by atoms with E-state index in [9.17, 15) is 22.4 Å². The number of nitrogens with zero attached hydrogens (tertiary/aromatic N) is 1. The molecule has 1 amide bonds. The number of rotatable bonds is 10. The van der Waals surface area contributed by atoms with Crippen LogP contribution in [0.1, 0.15) is 30.5 Å². The minimum absolute atomic E-state index is 0.101. The molecular weight excluding hydrogens is 561 g/mol. The summed E-state index contributed by atoms with van der Waals surface area (Å²) in [6, 6.07) is 14.3. The van der Waals surface area contributed by atoms with Crippen LogP contribution in [0.4, 0.5) is 4.39 Å². The Bertz CT molecular complexity index is 1980. The highest BCUT2D eigenvalue weighted by Crippen LogP contribution is 2.41. The van der Waals surface area contributed by atoms with Gasteiger partial charge in [-0.2, -0.15) is 0 Å². The molecule has 5 aromatic rings. The lowest BCUT2D eigenvalue weighted by Crippen LogP contribution is -2.33. The fourth-order valence-corrected chi connectivity index (χ4v) is 6.20. The average molecular weight is 592 g/mol. The molecule has 0 saturated heterocycles. The minimum Gasteiger partial charge on any atom is -0.492 e. The van der Waals surface area contributed by atoms with Crippen LogP contribution >= 0.6 is 0 Å². The molecule has 2 heterocycles. The van der Waals surface area contributed by atoms with E-state index in [1.54, 1.807) is 43.6 Å². The second-order valence-electron chi connectivity index (χ2n) is 9.75. The van der Waals surface area contributed by atoms with Crippen LogP contribution in [-0.4, -0.2) is 37.1 Å². The first-order chi connectivity index (χ1) is 20.1. The van der Waals surface area contributed by atoms with Crippen molar-refractivity contribution in [3.05, 3.63) is 99.9 Å². The van der Waals surface area contributed by atoms with Gasteiger partial charge < -0.3 is 14.5 Å². The van der Waals surface area contributed by atoms with Gasteiger partial charge in [0.1, 0.15) is 11.6 Å². The number of pyridine rings is 1. The van der Waals surface area contributed by atoms with Crippen LogP contribution in [0.2, 0.25) is 0 Å². The van der Waals surface area contributed by atoms with E-state index in [4.69, 9.17) is 9.47 Å². The van der Waals surface area contributed by atoms with Crippen molar-refractivity contribution in [3.63, 3.8) is 0 Å². The number of hydrogen-bond donors (Lipinski definition) is 2. The fraction of sp³-hybridized carbons (Fsp3) is 0.226. The third-order valence-electron chi connectivity index (χ3n) is 6.79. The molecule has 218 valence electrons. The Hall–Kier alpha value is -4.64. The zero-order valence-electron chi connectivity index (χ0n) is 23.4. The van der Waals surface area contributed by atoms with Crippen molar-refractivity contribution in [2.75, 3.05) is 13.2 Å². The third-order valence-corrected chi connectivity index (χ3v) is 8.04. The number of aryl methyl sites for hydroxylation is 1. The highest BCUT2D eigenvalue weighted by atomic mass is 32.2. The summed E-state index contributed by atoms with van der Waals surface area (Å²) in [4.78, 5) is 29.4. The van der Waals surface area contributed by atoms with Gasteiger partial charge >= 0.3 is 0 Å². The molecule has 2 N–H and O–H groups in total. The first kappa shape index (κ1) is 28.9. The molecule has 0 saturated carbocycles. The number of halogens is 1. The molecule has 0 radical (unpaired) electrons. The third kappa shape index (κ3) is 5.60. The summed E-state index contributed by atoms with van der Waals surface area (Å²) in [6.07, 6.45) is 3.07. The SMILES string of the molecule is CCOc1c2cn(-c3ccc(CS(=O)(=O)NC(=O)Cc4ccccc4F)cc3C)c(=O)c2c(OCC)c2ccc[nH]c12. The average Bonchev–Trinajstić information content (AvgIpc) is 3.28. The van der Waals surface area contributed by atoms with Crippen LogP contribution in [0.5, 0.6) is 11.5 Å². The van der Waals surface area contributed by atoms with Crippen molar-refractivity contribution in [2.45, 2.75) is 32.9 Å². The molecule has 0 bridgehead atoms. The van der Waals surface area contributed by atoms with E-state index in [1.165, 1.54) is 22.8 Å². The molecule has 11 heteroatoms. The standard InChI is InChI=1S/C31H30FN3O6S/c1-4-40-29-22-10-8-14-33-28(22)30(41-5-2)23-17-35(31(37)27(23)29)25-13-12-20(15-19(25)3)18-42(38,39)34-26(36)16-21-9-6-7-11-24(21)32/h6-15,17,33H,4-5,16,18H2,1-3H3,(H,34,36). The Balaban J connectivity index is 1.48. The molecule has 3 aromatic carbocycles. The molecule has 0 aliphatic carbocycles. The van der Waals surface area contributed by atoms with Gasteiger partial charge in [-0.15, -0.1) is 0 Å². The number of fused-ring (bicyclic) bond motifs is 2. The molecule has 0 aliphatic heterocycles. The smallest absolute Gasteiger partial charge is 0.266 e. The van der Waals surface area contributed by atoms with E-state index >= 15 is 0 Å². The van der Waals surface area contributed by atoms with Crippen LogP contribution in [0.3, 0.4) is 0 Å². The first-order valence-corrected chi connectivity index (χ1v) is 15.1. The maximum atomic E-state index is 13.9. The fourth-order valence-electron chi connectivity index (χ4n) is 5.09. The second kappa shape index (κ2) is 11.7. The van der Waals surface area contributed by atoms with E-state index in [1.807, 2.05) is 30.7 Å². The molecule has 0 spiro atoms. The van der Waals surface area contributed by atoms with Crippen LogP contribution in [-0.2, 0) is 27.0 Å². The lowest BCUT2D eigenvalue weighted by molar-refractivity contribution is -0.118. The van der Waals surface area contributed by atoms with Gasteiger partial charge in [0, 0.05) is 17.8 Å². The molecule has 0 fully saturated rings. The van der Waals surface area contributed by atoms with E-state index in [0.29, 0.717) is 57.8 Å². The summed E-state index contributed by atoms with van der Waals surface area (Å²) in [6.45, 7) is 6.23. The number of amides is 1. The summed E-state index contributed by atoms with van der Waals surface area (Å²) in [7, 11) is -4.06. The maximum Gasteiger partial charge on any atom is 0.266 e. The van der Waals surface area contributed by atoms with Gasteiger partial charge in [-0.25, -0.2) is 12.8 Å². The van der Waals surface area contributed by atoms with Gasteiger partial charge in [-0.05, 0) is 61.7 Å². The predicted octanol–water partition coefficient (Wildman–Crippen LogP) is 4.91. The molecule has 9 nitrogen and oxygen atoms in total. The lowest BCUT2D eigenvalue weighted by Gasteiger charge is -2.13. The Morgan fingerprint density at radius 1 is 1.00 bits per heavy atom. The molecule has 5 rings (SSSR count). The zero-order chi connectivity index (χ0) is 30.0. The quantitative estimate of drug-likeness (QED) is 0.238. The first-order valence-electron chi connectivity index (χ1n) is 13.4. The summed E-state index contributed by atoms with van der Waals surface area (Å²) in [5, 5.41) is 1.69. The molecule has 0 atom stereocenters. The Morgan fingerprint density at radius 3 is 2.45 bits per heavy atom. The summed E-state index contributed by atoms with van der Waals surface area (Å²) in [5.74, 6) is -0.894.